The highest BCUT2D eigenvalue weighted by Gasteiger charge is 2.06. The molecular formula is C13H7N5S. The van der Waals surface area contributed by atoms with Gasteiger partial charge in [0.2, 0.25) is 0 Å². The second-order valence-electron chi connectivity index (χ2n) is 3.65. The van der Waals surface area contributed by atoms with Crippen molar-refractivity contribution in [2.24, 2.45) is 0 Å². The van der Waals surface area contributed by atoms with Crippen LogP contribution in [0.25, 0.3) is 10.9 Å². The van der Waals surface area contributed by atoms with Crippen LogP contribution in [-0.4, -0.2) is 19.9 Å². The molecule has 0 saturated carbocycles. The standard InChI is InChI=1S/C13H7N5S/c14-5-9-6-16-12(7-15-9)19-13-10-3-1-2-4-11(10)17-8-18-13/h1-4,6-8H. The Hall–Kier alpha value is -2.52. The van der Waals surface area contributed by atoms with Crippen molar-refractivity contribution in [3.8, 4) is 6.07 Å². The summed E-state index contributed by atoms with van der Waals surface area (Å²) < 4.78 is 0. The normalized spacial score (nSPS) is 10.3. The van der Waals surface area contributed by atoms with Crippen molar-refractivity contribution in [3.05, 3.63) is 48.7 Å². The molecule has 0 radical (unpaired) electrons. The maximum Gasteiger partial charge on any atom is 0.158 e. The number of hydrogen-bond acceptors (Lipinski definition) is 6. The van der Waals surface area contributed by atoms with Crippen molar-refractivity contribution >= 4 is 22.7 Å². The highest BCUT2D eigenvalue weighted by atomic mass is 32.2. The molecule has 2 aromatic heterocycles. The Kier molecular flexibility index (Phi) is 3.04. The minimum absolute atomic E-state index is 0.303. The Bertz CT molecular complexity index is 759. The average Bonchev–Trinajstić information content (AvgIpc) is 2.48. The van der Waals surface area contributed by atoms with E-state index < -0.39 is 0 Å². The molecule has 3 aromatic rings. The van der Waals surface area contributed by atoms with Crippen molar-refractivity contribution in [3.63, 3.8) is 0 Å². The SMILES string of the molecule is N#Cc1cnc(Sc2ncnc3ccccc23)cn1. The van der Waals surface area contributed by atoms with E-state index in [1.807, 2.05) is 30.3 Å². The molecule has 0 unspecified atom stereocenters. The van der Waals surface area contributed by atoms with Gasteiger partial charge in [0.15, 0.2) is 5.69 Å². The van der Waals surface area contributed by atoms with Crippen molar-refractivity contribution < 1.29 is 0 Å². The fourth-order valence-corrected chi connectivity index (χ4v) is 2.38. The lowest BCUT2D eigenvalue weighted by molar-refractivity contribution is 1.03. The van der Waals surface area contributed by atoms with Gasteiger partial charge in [-0.25, -0.2) is 19.9 Å². The van der Waals surface area contributed by atoms with Crippen molar-refractivity contribution in [1.29, 1.82) is 5.26 Å². The number of nitrogens with zero attached hydrogens (tertiary/aromatic N) is 5. The molecule has 6 heteroatoms. The molecule has 19 heavy (non-hydrogen) atoms. The quantitative estimate of drug-likeness (QED) is 0.662. The largest absolute Gasteiger partial charge is 0.245 e. The molecule has 0 atom stereocenters. The van der Waals surface area contributed by atoms with Crippen LogP contribution in [0.5, 0.6) is 0 Å². The van der Waals surface area contributed by atoms with E-state index in [0.29, 0.717) is 10.7 Å². The molecule has 0 aliphatic heterocycles. The fourth-order valence-electron chi connectivity index (χ4n) is 1.59. The number of para-hydroxylation sites is 1. The lowest BCUT2D eigenvalue weighted by atomic mass is 10.2. The predicted octanol–water partition coefficient (Wildman–Crippen LogP) is 2.44. The smallest absolute Gasteiger partial charge is 0.158 e. The summed E-state index contributed by atoms with van der Waals surface area (Å²) in [5.41, 5.74) is 1.19. The minimum atomic E-state index is 0.303. The van der Waals surface area contributed by atoms with E-state index in [4.69, 9.17) is 5.26 Å². The predicted molar refractivity (Wildman–Crippen MR) is 70.4 cm³/mol. The fraction of sp³-hybridized carbons (Fsp3) is 0. The summed E-state index contributed by atoms with van der Waals surface area (Å²) in [6.45, 7) is 0. The molecule has 0 aliphatic rings. The minimum Gasteiger partial charge on any atom is -0.245 e. The maximum atomic E-state index is 8.68. The molecular weight excluding hydrogens is 258 g/mol. The van der Waals surface area contributed by atoms with Gasteiger partial charge < -0.3 is 0 Å². The highest BCUT2D eigenvalue weighted by Crippen LogP contribution is 2.28. The zero-order valence-electron chi connectivity index (χ0n) is 9.69. The molecule has 0 N–H and O–H groups in total. The van der Waals surface area contributed by atoms with Crippen LogP contribution in [0.1, 0.15) is 5.69 Å². The van der Waals surface area contributed by atoms with Crippen LogP contribution in [0, 0.1) is 11.3 Å². The summed E-state index contributed by atoms with van der Waals surface area (Å²) in [6, 6.07) is 9.72. The Labute approximate surface area is 113 Å². The summed E-state index contributed by atoms with van der Waals surface area (Å²) in [5.74, 6) is 0. The van der Waals surface area contributed by atoms with Gasteiger partial charge in [0, 0.05) is 5.39 Å². The molecule has 90 valence electrons. The van der Waals surface area contributed by atoms with Crippen molar-refractivity contribution in [1.82, 2.24) is 19.9 Å². The zero-order chi connectivity index (χ0) is 13.1. The molecule has 1 aromatic carbocycles. The monoisotopic (exact) mass is 265 g/mol. The van der Waals surface area contributed by atoms with E-state index in [1.165, 1.54) is 24.3 Å². The first kappa shape index (κ1) is 11.6. The molecule has 0 amide bonds. The van der Waals surface area contributed by atoms with Crippen LogP contribution in [0.3, 0.4) is 0 Å². The van der Waals surface area contributed by atoms with Crippen LogP contribution < -0.4 is 0 Å². The molecule has 0 bridgehead atoms. The van der Waals surface area contributed by atoms with Gasteiger partial charge >= 0.3 is 0 Å². The number of hydrogen-bond donors (Lipinski definition) is 0. The van der Waals surface area contributed by atoms with Crippen LogP contribution in [0.2, 0.25) is 0 Å². The highest BCUT2D eigenvalue weighted by molar-refractivity contribution is 7.99. The summed E-state index contributed by atoms with van der Waals surface area (Å²) in [7, 11) is 0. The van der Waals surface area contributed by atoms with E-state index in [9.17, 15) is 0 Å². The van der Waals surface area contributed by atoms with Gasteiger partial charge in [-0.2, -0.15) is 5.26 Å². The van der Waals surface area contributed by atoms with Gasteiger partial charge in [-0.3, -0.25) is 0 Å². The summed E-state index contributed by atoms with van der Waals surface area (Å²) in [4.78, 5) is 16.6. The van der Waals surface area contributed by atoms with Gasteiger partial charge in [0.1, 0.15) is 22.4 Å². The topological polar surface area (TPSA) is 75.3 Å². The third-order valence-electron chi connectivity index (χ3n) is 2.45. The molecule has 0 saturated heterocycles. The van der Waals surface area contributed by atoms with E-state index >= 15 is 0 Å². The molecule has 3 rings (SSSR count). The molecule has 5 nitrogen and oxygen atoms in total. The summed E-state index contributed by atoms with van der Waals surface area (Å²) in [5, 5.41) is 11.2. The second-order valence-corrected chi connectivity index (χ2v) is 4.66. The van der Waals surface area contributed by atoms with Gasteiger partial charge in [-0.05, 0) is 17.8 Å². The van der Waals surface area contributed by atoms with Gasteiger partial charge in [-0.15, -0.1) is 0 Å². The van der Waals surface area contributed by atoms with Gasteiger partial charge in [0.25, 0.3) is 0 Å². The number of nitriles is 1. The second kappa shape index (κ2) is 5.00. The number of aromatic nitrogens is 4. The summed E-state index contributed by atoms with van der Waals surface area (Å²) >= 11 is 1.40. The van der Waals surface area contributed by atoms with Crippen LogP contribution >= 0.6 is 11.8 Å². The maximum absolute atomic E-state index is 8.68. The molecule has 0 aliphatic carbocycles. The molecule has 0 fully saturated rings. The average molecular weight is 265 g/mol. The Morgan fingerprint density at radius 2 is 1.89 bits per heavy atom. The van der Waals surface area contributed by atoms with Crippen molar-refractivity contribution in [2.75, 3.05) is 0 Å². The Morgan fingerprint density at radius 3 is 2.68 bits per heavy atom. The Balaban J connectivity index is 1.99. The third kappa shape index (κ3) is 2.37. The van der Waals surface area contributed by atoms with Crippen molar-refractivity contribution in [2.45, 2.75) is 10.1 Å². The van der Waals surface area contributed by atoms with Gasteiger partial charge in [0.05, 0.1) is 17.9 Å². The lowest BCUT2D eigenvalue weighted by Gasteiger charge is -2.03. The van der Waals surface area contributed by atoms with Gasteiger partial charge in [-0.1, -0.05) is 18.2 Å². The van der Waals surface area contributed by atoms with E-state index in [-0.39, 0.29) is 0 Å². The Morgan fingerprint density at radius 1 is 1.00 bits per heavy atom. The van der Waals surface area contributed by atoms with Crippen LogP contribution in [-0.2, 0) is 0 Å². The van der Waals surface area contributed by atoms with E-state index in [2.05, 4.69) is 19.9 Å². The van der Waals surface area contributed by atoms with Crippen LogP contribution in [0.4, 0.5) is 0 Å². The number of rotatable bonds is 2. The lowest BCUT2D eigenvalue weighted by Crippen LogP contribution is -1.90. The zero-order valence-corrected chi connectivity index (χ0v) is 10.5. The van der Waals surface area contributed by atoms with Crippen LogP contribution in [0.15, 0.2) is 53.0 Å². The van der Waals surface area contributed by atoms with E-state index in [1.54, 1.807) is 6.20 Å². The molecule has 0 spiro atoms. The number of benzene rings is 1. The number of fused-ring (bicyclic) bond motifs is 1. The molecule has 2 heterocycles. The first-order chi connectivity index (χ1) is 9.36. The van der Waals surface area contributed by atoms with E-state index in [0.717, 1.165) is 15.9 Å². The third-order valence-corrected chi connectivity index (χ3v) is 3.39. The first-order valence-electron chi connectivity index (χ1n) is 5.46. The summed E-state index contributed by atoms with van der Waals surface area (Å²) in [6.07, 6.45) is 4.55. The first-order valence-corrected chi connectivity index (χ1v) is 6.28.